The zero-order valence-corrected chi connectivity index (χ0v) is 28.1. The molecule has 0 spiro atoms. The third-order valence-corrected chi connectivity index (χ3v) is 8.40. The molecule has 3 rings (SSSR count). The summed E-state index contributed by atoms with van der Waals surface area (Å²) in [4.78, 5) is 67.3. The Morgan fingerprint density at radius 1 is 0.957 bits per heavy atom. The minimum absolute atomic E-state index is 0.00624. The van der Waals surface area contributed by atoms with Crippen molar-refractivity contribution in [3.63, 3.8) is 0 Å². The van der Waals surface area contributed by atoms with Crippen molar-refractivity contribution in [1.82, 2.24) is 25.4 Å². The monoisotopic (exact) mass is 643 g/mol. The number of carbonyl (C=O) groups is 5. The molecule has 2 aromatic rings. The minimum Gasteiger partial charge on any atom is -0.497 e. The lowest BCUT2D eigenvalue weighted by Crippen LogP contribution is -2.60. The van der Waals surface area contributed by atoms with Crippen LogP contribution in [0.4, 0.5) is 9.59 Å². The molecule has 0 unspecified atom stereocenters. The summed E-state index contributed by atoms with van der Waals surface area (Å²) in [6.45, 7) is 11.4. The fourth-order valence-electron chi connectivity index (χ4n) is 6.00. The van der Waals surface area contributed by atoms with E-state index < -0.39 is 42.0 Å². The number of ether oxygens (including phenoxy) is 2. The molecule has 1 aromatic heterocycles. The summed E-state index contributed by atoms with van der Waals surface area (Å²) in [6.07, 6.45) is 3.91. The number of fused-ring (bicyclic) bond motifs is 1. The second kappa shape index (κ2) is 15.3. The maximum atomic E-state index is 14.0. The Balaban J connectivity index is 2.01. The van der Waals surface area contributed by atoms with Crippen molar-refractivity contribution >= 4 is 40.8 Å². The van der Waals surface area contributed by atoms with Crippen molar-refractivity contribution in [1.29, 1.82) is 0 Å². The summed E-state index contributed by atoms with van der Waals surface area (Å²) in [5.41, 5.74) is 0.635. The molecular formula is C33H49N5O8. The van der Waals surface area contributed by atoms with Gasteiger partial charge in [0, 0.05) is 30.1 Å². The van der Waals surface area contributed by atoms with Gasteiger partial charge < -0.3 is 35.4 Å². The van der Waals surface area contributed by atoms with Gasteiger partial charge in [0.05, 0.1) is 19.7 Å². The van der Waals surface area contributed by atoms with E-state index in [-0.39, 0.29) is 42.8 Å². The molecule has 2 heterocycles. The number of amides is 4. The molecular weight excluding hydrogens is 594 g/mol. The van der Waals surface area contributed by atoms with Gasteiger partial charge in [-0.1, -0.05) is 27.7 Å². The molecule has 46 heavy (non-hydrogen) atoms. The predicted molar refractivity (Wildman–Crippen MR) is 173 cm³/mol. The molecule has 1 fully saturated rings. The van der Waals surface area contributed by atoms with E-state index in [9.17, 15) is 29.1 Å². The van der Waals surface area contributed by atoms with Gasteiger partial charge in [-0.3, -0.25) is 14.2 Å². The lowest BCUT2D eigenvalue weighted by molar-refractivity contribution is -0.142. The van der Waals surface area contributed by atoms with Gasteiger partial charge in [0.2, 0.25) is 11.8 Å². The van der Waals surface area contributed by atoms with Crippen LogP contribution in [0.3, 0.4) is 0 Å². The Kier molecular flexibility index (Phi) is 12.1. The number of benzene rings is 1. The Hall–Kier alpha value is -4.29. The Morgan fingerprint density at radius 3 is 2.11 bits per heavy atom. The number of carbonyl (C=O) groups excluding carboxylic acids is 4. The number of carboxylic acids is 1. The van der Waals surface area contributed by atoms with Gasteiger partial charge in [0.1, 0.15) is 23.9 Å². The third-order valence-electron chi connectivity index (χ3n) is 8.40. The highest BCUT2D eigenvalue weighted by Gasteiger charge is 2.35. The number of likely N-dealkylation sites (tertiary alicyclic amines) is 1. The smallest absolute Gasteiger partial charge is 0.418 e. The molecule has 13 heteroatoms. The molecule has 0 aliphatic carbocycles. The molecule has 254 valence electrons. The third kappa shape index (κ3) is 8.91. The minimum atomic E-state index is -1.25. The molecule has 0 bridgehead atoms. The second-order valence-corrected chi connectivity index (χ2v) is 13.3. The van der Waals surface area contributed by atoms with Gasteiger partial charge in [-0.15, -0.1) is 0 Å². The standard InChI is InChI=1S/C33H49N5O8/c1-9-24(30(41)42)34-28(39)25(15-21-18-37(32(44)46-8)27-14-13-22(45-7)16-23(21)27)35-29(40)26(17-33(4,5)6)36-31(43)38-19(2)11-10-12-20(38)3/h13-14,16,18-20,24-26H,9-12,15,17H2,1-8H3,(H,34,39)(H,35,40)(H,36,43)(H,41,42)/t19-,20+,24-,25-,26+/m1/s1. The van der Waals surface area contributed by atoms with Crippen molar-refractivity contribution in [2.75, 3.05) is 14.2 Å². The molecule has 1 aromatic carbocycles. The lowest BCUT2D eigenvalue weighted by atomic mass is 9.87. The highest BCUT2D eigenvalue weighted by atomic mass is 16.5. The van der Waals surface area contributed by atoms with Crippen molar-refractivity contribution in [2.45, 2.75) is 110 Å². The molecule has 0 radical (unpaired) electrons. The summed E-state index contributed by atoms with van der Waals surface area (Å²) >= 11 is 0. The summed E-state index contributed by atoms with van der Waals surface area (Å²) in [6, 6.07) is 1.30. The van der Waals surface area contributed by atoms with Crippen LogP contribution in [0.1, 0.15) is 79.2 Å². The second-order valence-electron chi connectivity index (χ2n) is 13.3. The van der Waals surface area contributed by atoms with Gasteiger partial charge in [0.15, 0.2) is 0 Å². The van der Waals surface area contributed by atoms with Gasteiger partial charge in [-0.2, -0.15) is 0 Å². The quantitative estimate of drug-likeness (QED) is 0.284. The fourth-order valence-corrected chi connectivity index (χ4v) is 6.00. The Bertz CT molecular complexity index is 1420. The number of aliphatic carboxylic acids is 1. The van der Waals surface area contributed by atoms with Crippen LogP contribution in [0.25, 0.3) is 10.9 Å². The van der Waals surface area contributed by atoms with Crippen molar-refractivity contribution in [2.24, 2.45) is 5.41 Å². The number of nitrogens with zero attached hydrogens (tertiary/aromatic N) is 2. The largest absolute Gasteiger partial charge is 0.497 e. The topological polar surface area (TPSA) is 168 Å². The molecule has 4 amide bonds. The zero-order chi connectivity index (χ0) is 34.3. The summed E-state index contributed by atoms with van der Waals surface area (Å²) in [7, 11) is 2.75. The first kappa shape index (κ1) is 36.2. The van der Waals surface area contributed by atoms with Crippen LogP contribution in [-0.2, 0) is 25.5 Å². The van der Waals surface area contributed by atoms with Crippen LogP contribution in [0.2, 0.25) is 0 Å². The Morgan fingerprint density at radius 2 is 1.57 bits per heavy atom. The number of nitrogens with one attached hydrogen (secondary N) is 3. The fraction of sp³-hybridized carbons (Fsp3) is 0.606. The summed E-state index contributed by atoms with van der Waals surface area (Å²) in [5, 5.41) is 18.4. The van der Waals surface area contributed by atoms with Crippen LogP contribution < -0.4 is 20.7 Å². The number of aromatic nitrogens is 1. The van der Waals surface area contributed by atoms with E-state index in [1.807, 2.05) is 34.6 Å². The highest BCUT2D eigenvalue weighted by Crippen LogP contribution is 2.28. The highest BCUT2D eigenvalue weighted by molar-refractivity contribution is 5.96. The van der Waals surface area contributed by atoms with E-state index in [4.69, 9.17) is 9.47 Å². The van der Waals surface area contributed by atoms with Crippen LogP contribution >= 0.6 is 0 Å². The summed E-state index contributed by atoms with van der Waals surface area (Å²) < 4.78 is 11.6. The lowest BCUT2D eigenvalue weighted by Gasteiger charge is -2.40. The van der Waals surface area contributed by atoms with Crippen molar-refractivity contribution in [3.8, 4) is 5.75 Å². The normalized spacial score (nSPS) is 18.7. The van der Waals surface area contributed by atoms with Gasteiger partial charge in [0.25, 0.3) is 0 Å². The van der Waals surface area contributed by atoms with E-state index >= 15 is 0 Å². The van der Waals surface area contributed by atoms with Crippen molar-refractivity contribution in [3.05, 3.63) is 30.0 Å². The van der Waals surface area contributed by atoms with Gasteiger partial charge in [-0.05, 0) is 75.1 Å². The number of methoxy groups -OCH3 is 2. The van der Waals surface area contributed by atoms with Crippen LogP contribution in [0.15, 0.2) is 24.4 Å². The first-order valence-electron chi connectivity index (χ1n) is 15.8. The van der Waals surface area contributed by atoms with Crippen LogP contribution in [-0.4, -0.2) is 88.9 Å². The van der Waals surface area contributed by atoms with Crippen LogP contribution in [0, 0.1) is 5.41 Å². The number of piperidine rings is 1. The molecule has 1 aliphatic heterocycles. The molecule has 5 atom stereocenters. The average molecular weight is 644 g/mol. The first-order chi connectivity index (χ1) is 21.6. The maximum absolute atomic E-state index is 14.0. The number of urea groups is 1. The molecule has 1 aliphatic rings. The Labute approximate surface area is 270 Å². The molecule has 13 nitrogen and oxygen atoms in total. The van der Waals surface area contributed by atoms with Crippen LogP contribution in [0.5, 0.6) is 5.75 Å². The number of carboxylic acid groups (broad SMARTS) is 1. The molecule has 0 saturated carbocycles. The van der Waals surface area contributed by atoms with Crippen molar-refractivity contribution < 1.29 is 38.6 Å². The van der Waals surface area contributed by atoms with E-state index in [2.05, 4.69) is 16.0 Å². The molecule has 1 saturated heterocycles. The predicted octanol–water partition coefficient (Wildman–Crippen LogP) is 4.05. The number of rotatable bonds is 11. The van der Waals surface area contributed by atoms with E-state index in [0.29, 0.717) is 22.2 Å². The molecule has 4 N–H and O–H groups in total. The average Bonchev–Trinajstić information content (AvgIpc) is 3.34. The SMILES string of the molecule is CC[C@@H](NC(=O)[C@@H](Cc1cn(C(=O)OC)c2ccc(OC)cc12)NC(=O)[C@H](CC(C)(C)C)NC(=O)N1[C@H](C)CCC[C@@H]1C)C(=O)O. The van der Waals surface area contributed by atoms with E-state index in [0.717, 1.165) is 19.3 Å². The van der Waals surface area contributed by atoms with Gasteiger partial charge >= 0.3 is 18.1 Å². The van der Waals surface area contributed by atoms with E-state index in [1.54, 1.807) is 30.0 Å². The number of hydrogen-bond donors (Lipinski definition) is 4. The van der Waals surface area contributed by atoms with Gasteiger partial charge in [-0.25, -0.2) is 14.4 Å². The first-order valence-corrected chi connectivity index (χ1v) is 15.8. The summed E-state index contributed by atoms with van der Waals surface area (Å²) in [5.74, 6) is -2.01. The van der Waals surface area contributed by atoms with E-state index in [1.165, 1.54) is 25.0 Å². The maximum Gasteiger partial charge on any atom is 0.418 e. The number of hydrogen-bond acceptors (Lipinski definition) is 7. The zero-order valence-electron chi connectivity index (χ0n) is 28.1.